The van der Waals surface area contributed by atoms with Crippen LogP contribution >= 0.6 is 23.2 Å². The summed E-state index contributed by atoms with van der Waals surface area (Å²) >= 11 is 11.7. The Morgan fingerprint density at radius 3 is 2.65 bits per heavy atom. The number of halogens is 2. The fourth-order valence-corrected chi connectivity index (χ4v) is 1.91. The summed E-state index contributed by atoms with van der Waals surface area (Å²) in [7, 11) is 0. The standard InChI is InChI=1S/C12H7Cl2N3/c13-9-2-4-12-16-10(7-17(12)6-9)8-1-3-11(14)15-5-8/h1-7H. The molecule has 0 amide bonds. The van der Waals surface area contributed by atoms with Crippen LogP contribution in [0.3, 0.4) is 0 Å². The lowest BCUT2D eigenvalue weighted by molar-refractivity contribution is 1.19. The number of aromatic nitrogens is 3. The van der Waals surface area contributed by atoms with E-state index in [-0.39, 0.29) is 0 Å². The molecule has 84 valence electrons. The first-order valence-corrected chi connectivity index (χ1v) is 5.74. The minimum Gasteiger partial charge on any atom is -0.305 e. The molecule has 0 radical (unpaired) electrons. The zero-order chi connectivity index (χ0) is 11.8. The highest BCUT2D eigenvalue weighted by molar-refractivity contribution is 6.30. The summed E-state index contributed by atoms with van der Waals surface area (Å²) in [6.07, 6.45) is 5.43. The lowest BCUT2D eigenvalue weighted by Gasteiger charge is -1.94. The van der Waals surface area contributed by atoms with Crippen molar-refractivity contribution < 1.29 is 0 Å². The van der Waals surface area contributed by atoms with E-state index >= 15 is 0 Å². The molecule has 0 unspecified atom stereocenters. The van der Waals surface area contributed by atoms with Crippen LogP contribution in [0.15, 0.2) is 42.9 Å². The van der Waals surface area contributed by atoms with Crippen molar-refractivity contribution in [3.8, 4) is 11.3 Å². The van der Waals surface area contributed by atoms with Crippen molar-refractivity contribution in [1.29, 1.82) is 0 Å². The summed E-state index contributed by atoms with van der Waals surface area (Å²) in [5.74, 6) is 0. The van der Waals surface area contributed by atoms with Crippen LogP contribution in [0, 0.1) is 0 Å². The van der Waals surface area contributed by atoms with Crippen molar-refractivity contribution in [3.05, 3.63) is 53.0 Å². The van der Waals surface area contributed by atoms with Gasteiger partial charge in [-0.3, -0.25) is 0 Å². The van der Waals surface area contributed by atoms with E-state index < -0.39 is 0 Å². The van der Waals surface area contributed by atoms with Crippen molar-refractivity contribution in [2.45, 2.75) is 0 Å². The molecule has 0 fully saturated rings. The van der Waals surface area contributed by atoms with Gasteiger partial charge in [0.15, 0.2) is 0 Å². The van der Waals surface area contributed by atoms with Crippen LogP contribution in [0.2, 0.25) is 10.2 Å². The quantitative estimate of drug-likeness (QED) is 0.627. The zero-order valence-electron chi connectivity index (χ0n) is 8.64. The van der Waals surface area contributed by atoms with Crippen molar-refractivity contribution in [2.24, 2.45) is 0 Å². The van der Waals surface area contributed by atoms with Gasteiger partial charge in [0.2, 0.25) is 0 Å². The zero-order valence-corrected chi connectivity index (χ0v) is 10.2. The lowest BCUT2D eigenvalue weighted by Crippen LogP contribution is -1.79. The molecule has 0 aliphatic heterocycles. The van der Waals surface area contributed by atoms with Crippen LogP contribution in [-0.2, 0) is 0 Å². The molecule has 3 nitrogen and oxygen atoms in total. The number of pyridine rings is 2. The van der Waals surface area contributed by atoms with Gasteiger partial charge in [-0.15, -0.1) is 0 Å². The van der Waals surface area contributed by atoms with E-state index in [1.54, 1.807) is 12.3 Å². The first kappa shape index (κ1) is 10.6. The van der Waals surface area contributed by atoms with Gasteiger partial charge in [0.05, 0.1) is 10.7 Å². The molecule has 5 heteroatoms. The summed E-state index contributed by atoms with van der Waals surface area (Å²) in [6, 6.07) is 7.32. The third-order valence-electron chi connectivity index (χ3n) is 2.44. The van der Waals surface area contributed by atoms with E-state index in [1.807, 2.05) is 35.0 Å². The molecule has 0 saturated carbocycles. The second-order valence-corrected chi connectivity index (χ2v) is 4.43. The fraction of sp³-hybridized carbons (Fsp3) is 0. The first-order valence-electron chi connectivity index (χ1n) is 4.98. The fourth-order valence-electron chi connectivity index (χ4n) is 1.63. The van der Waals surface area contributed by atoms with Crippen molar-refractivity contribution >= 4 is 28.8 Å². The molecule has 3 heterocycles. The van der Waals surface area contributed by atoms with Gasteiger partial charge in [-0.05, 0) is 24.3 Å². The van der Waals surface area contributed by atoms with Gasteiger partial charge in [0.25, 0.3) is 0 Å². The van der Waals surface area contributed by atoms with Crippen LogP contribution in [0.25, 0.3) is 16.9 Å². The molecule has 0 N–H and O–H groups in total. The molecule has 0 saturated heterocycles. The molecule has 0 bridgehead atoms. The predicted octanol–water partition coefficient (Wildman–Crippen LogP) is 3.70. The normalized spacial score (nSPS) is 10.9. The van der Waals surface area contributed by atoms with Gasteiger partial charge in [-0.25, -0.2) is 9.97 Å². The SMILES string of the molecule is Clc1ccc2nc(-c3ccc(Cl)nc3)cn2c1. The highest BCUT2D eigenvalue weighted by Gasteiger charge is 2.04. The molecule has 3 rings (SSSR count). The average Bonchev–Trinajstić information content (AvgIpc) is 2.72. The Hall–Kier alpha value is -1.58. The maximum atomic E-state index is 5.92. The summed E-state index contributed by atoms with van der Waals surface area (Å²) < 4.78 is 1.88. The molecular weight excluding hydrogens is 257 g/mol. The Kier molecular flexibility index (Phi) is 2.50. The molecular formula is C12H7Cl2N3. The number of fused-ring (bicyclic) bond motifs is 1. The highest BCUT2D eigenvalue weighted by Crippen LogP contribution is 2.20. The Bertz CT molecular complexity index is 674. The smallest absolute Gasteiger partial charge is 0.137 e. The monoisotopic (exact) mass is 263 g/mol. The van der Waals surface area contributed by atoms with Crippen molar-refractivity contribution in [2.75, 3.05) is 0 Å². The highest BCUT2D eigenvalue weighted by atomic mass is 35.5. The van der Waals surface area contributed by atoms with Crippen molar-refractivity contribution in [3.63, 3.8) is 0 Å². The molecule has 3 aromatic rings. The van der Waals surface area contributed by atoms with Gasteiger partial charge in [-0.1, -0.05) is 23.2 Å². The number of nitrogens with zero attached hydrogens (tertiary/aromatic N) is 3. The maximum absolute atomic E-state index is 5.92. The topological polar surface area (TPSA) is 30.2 Å². The first-order chi connectivity index (χ1) is 8.22. The molecule has 0 atom stereocenters. The molecule has 17 heavy (non-hydrogen) atoms. The van der Waals surface area contributed by atoms with Gasteiger partial charge in [0, 0.05) is 24.2 Å². The van der Waals surface area contributed by atoms with E-state index in [0.29, 0.717) is 10.2 Å². The van der Waals surface area contributed by atoms with Crippen LogP contribution < -0.4 is 0 Å². The van der Waals surface area contributed by atoms with Crippen LogP contribution in [0.5, 0.6) is 0 Å². The predicted molar refractivity (Wildman–Crippen MR) is 68.4 cm³/mol. The third-order valence-corrected chi connectivity index (χ3v) is 2.89. The molecule has 0 aliphatic carbocycles. The Labute approximate surface area is 108 Å². The van der Waals surface area contributed by atoms with Gasteiger partial charge in [0.1, 0.15) is 10.8 Å². The van der Waals surface area contributed by atoms with Crippen LogP contribution in [0.1, 0.15) is 0 Å². The van der Waals surface area contributed by atoms with Crippen LogP contribution in [0.4, 0.5) is 0 Å². The second-order valence-electron chi connectivity index (χ2n) is 3.61. The number of hydrogen-bond acceptors (Lipinski definition) is 2. The van der Waals surface area contributed by atoms with Crippen molar-refractivity contribution in [1.82, 2.24) is 14.4 Å². The van der Waals surface area contributed by atoms with E-state index in [1.165, 1.54) is 0 Å². The third kappa shape index (κ3) is 1.99. The van der Waals surface area contributed by atoms with E-state index in [9.17, 15) is 0 Å². The van der Waals surface area contributed by atoms with Gasteiger partial charge in [-0.2, -0.15) is 0 Å². The minimum atomic E-state index is 0.473. The minimum absolute atomic E-state index is 0.473. The number of hydrogen-bond donors (Lipinski definition) is 0. The van der Waals surface area contributed by atoms with E-state index in [2.05, 4.69) is 9.97 Å². The van der Waals surface area contributed by atoms with Gasteiger partial charge < -0.3 is 4.40 Å². The average molecular weight is 264 g/mol. The lowest BCUT2D eigenvalue weighted by atomic mass is 10.2. The largest absolute Gasteiger partial charge is 0.305 e. The van der Waals surface area contributed by atoms with E-state index in [4.69, 9.17) is 23.2 Å². The molecule has 0 aliphatic rings. The Morgan fingerprint density at radius 2 is 1.88 bits per heavy atom. The maximum Gasteiger partial charge on any atom is 0.137 e. The summed E-state index contributed by atoms with van der Waals surface area (Å²) in [5, 5.41) is 1.15. The molecule has 0 aromatic carbocycles. The molecule has 0 spiro atoms. The second kappa shape index (κ2) is 4.02. The summed E-state index contributed by atoms with van der Waals surface area (Å²) in [6.45, 7) is 0. The Balaban J connectivity index is 2.14. The molecule has 3 aromatic heterocycles. The Morgan fingerprint density at radius 1 is 1.00 bits per heavy atom. The van der Waals surface area contributed by atoms with Crippen LogP contribution in [-0.4, -0.2) is 14.4 Å². The van der Waals surface area contributed by atoms with E-state index in [0.717, 1.165) is 16.9 Å². The number of imidazole rings is 1. The summed E-state index contributed by atoms with van der Waals surface area (Å²) in [4.78, 5) is 8.51. The van der Waals surface area contributed by atoms with Gasteiger partial charge >= 0.3 is 0 Å². The summed E-state index contributed by atoms with van der Waals surface area (Å²) in [5.41, 5.74) is 2.62. The number of rotatable bonds is 1.